The van der Waals surface area contributed by atoms with Crippen LogP contribution in [0, 0.1) is 12.7 Å². The van der Waals surface area contributed by atoms with E-state index >= 15 is 0 Å². The summed E-state index contributed by atoms with van der Waals surface area (Å²) in [5, 5.41) is 0.945. The van der Waals surface area contributed by atoms with Gasteiger partial charge in [-0.25, -0.2) is 4.39 Å². The minimum Gasteiger partial charge on any atom is -0.325 e. The maximum atomic E-state index is 13.2. The van der Waals surface area contributed by atoms with Gasteiger partial charge in [-0.15, -0.1) is 0 Å². The van der Waals surface area contributed by atoms with Crippen LogP contribution in [0.15, 0.2) is 24.3 Å². The number of hydrogen-bond donors (Lipinski definition) is 1. The van der Waals surface area contributed by atoms with Crippen molar-refractivity contribution >= 4 is 10.9 Å². The molecule has 14 heavy (non-hydrogen) atoms. The minimum atomic E-state index is -0.223. The molecule has 0 saturated heterocycles. The average Bonchev–Trinajstić information content (AvgIpc) is 2.23. The van der Waals surface area contributed by atoms with Crippen LogP contribution in [0.2, 0.25) is 0 Å². The number of rotatable bonds is 1. The van der Waals surface area contributed by atoms with Crippen molar-refractivity contribution in [2.75, 3.05) is 0 Å². The SMILES string of the molecule is Cc1c(F)ccc2ccc(CN)nc12. The molecule has 1 aromatic heterocycles. The Hall–Kier alpha value is -1.48. The summed E-state index contributed by atoms with van der Waals surface area (Å²) in [7, 11) is 0. The van der Waals surface area contributed by atoms with E-state index in [1.54, 1.807) is 13.0 Å². The van der Waals surface area contributed by atoms with Gasteiger partial charge in [0.2, 0.25) is 0 Å². The number of nitrogens with two attached hydrogens (primary N) is 1. The first-order chi connectivity index (χ1) is 6.72. The number of pyridine rings is 1. The van der Waals surface area contributed by atoms with Gasteiger partial charge in [0.1, 0.15) is 5.82 Å². The smallest absolute Gasteiger partial charge is 0.128 e. The first-order valence-corrected chi connectivity index (χ1v) is 4.47. The fourth-order valence-corrected chi connectivity index (χ4v) is 1.46. The molecule has 0 aliphatic carbocycles. The fourth-order valence-electron chi connectivity index (χ4n) is 1.46. The predicted octanol–water partition coefficient (Wildman–Crippen LogP) is 2.14. The number of fused-ring (bicyclic) bond motifs is 1. The fraction of sp³-hybridized carbons (Fsp3) is 0.182. The first kappa shape index (κ1) is 9.09. The largest absolute Gasteiger partial charge is 0.325 e. The van der Waals surface area contributed by atoms with Gasteiger partial charge in [0.15, 0.2) is 0 Å². The van der Waals surface area contributed by atoms with Crippen molar-refractivity contribution in [2.45, 2.75) is 13.5 Å². The van der Waals surface area contributed by atoms with Crippen molar-refractivity contribution in [1.82, 2.24) is 4.98 Å². The molecule has 72 valence electrons. The van der Waals surface area contributed by atoms with E-state index in [1.807, 2.05) is 12.1 Å². The van der Waals surface area contributed by atoms with Gasteiger partial charge in [-0.1, -0.05) is 6.07 Å². The Kier molecular flexibility index (Phi) is 2.17. The molecular weight excluding hydrogens is 179 g/mol. The van der Waals surface area contributed by atoms with Crippen LogP contribution in [-0.4, -0.2) is 4.98 Å². The number of benzene rings is 1. The van der Waals surface area contributed by atoms with E-state index in [2.05, 4.69) is 4.98 Å². The standard InChI is InChI=1S/C11H11FN2/c1-7-10(12)5-3-8-2-4-9(6-13)14-11(7)8/h2-5H,6,13H2,1H3. The van der Waals surface area contributed by atoms with Crippen LogP contribution in [0.4, 0.5) is 4.39 Å². The summed E-state index contributed by atoms with van der Waals surface area (Å²) >= 11 is 0. The molecule has 0 bridgehead atoms. The zero-order chi connectivity index (χ0) is 10.1. The molecule has 0 aliphatic rings. The Morgan fingerprint density at radius 1 is 1.29 bits per heavy atom. The molecule has 0 saturated carbocycles. The Morgan fingerprint density at radius 3 is 2.71 bits per heavy atom. The zero-order valence-electron chi connectivity index (χ0n) is 7.92. The van der Waals surface area contributed by atoms with Crippen LogP contribution < -0.4 is 5.73 Å². The molecule has 0 atom stereocenters. The Balaban J connectivity index is 2.78. The molecule has 0 fully saturated rings. The van der Waals surface area contributed by atoms with Crippen molar-refractivity contribution in [3.63, 3.8) is 0 Å². The van der Waals surface area contributed by atoms with E-state index in [-0.39, 0.29) is 5.82 Å². The second kappa shape index (κ2) is 3.35. The third-order valence-electron chi connectivity index (χ3n) is 2.32. The molecule has 1 aromatic carbocycles. The van der Waals surface area contributed by atoms with Crippen molar-refractivity contribution < 1.29 is 4.39 Å². The van der Waals surface area contributed by atoms with Gasteiger partial charge >= 0.3 is 0 Å². The predicted molar refractivity (Wildman–Crippen MR) is 54.3 cm³/mol. The lowest BCUT2D eigenvalue weighted by Crippen LogP contribution is -2.00. The molecule has 1 heterocycles. The molecule has 2 rings (SSSR count). The van der Waals surface area contributed by atoms with Crippen molar-refractivity contribution in [3.8, 4) is 0 Å². The van der Waals surface area contributed by atoms with Crippen LogP contribution in [0.3, 0.4) is 0 Å². The van der Waals surface area contributed by atoms with Crippen molar-refractivity contribution in [1.29, 1.82) is 0 Å². The first-order valence-electron chi connectivity index (χ1n) is 4.47. The van der Waals surface area contributed by atoms with Gasteiger partial charge in [0.05, 0.1) is 11.2 Å². The molecule has 0 unspecified atom stereocenters. The van der Waals surface area contributed by atoms with Gasteiger partial charge in [-0.05, 0) is 25.1 Å². The van der Waals surface area contributed by atoms with Gasteiger partial charge in [0, 0.05) is 17.5 Å². The monoisotopic (exact) mass is 190 g/mol. The highest BCUT2D eigenvalue weighted by atomic mass is 19.1. The van der Waals surface area contributed by atoms with E-state index < -0.39 is 0 Å². The van der Waals surface area contributed by atoms with Crippen LogP contribution in [-0.2, 0) is 6.54 Å². The molecule has 2 nitrogen and oxygen atoms in total. The highest BCUT2D eigenvalue weighted by Gasteiger charge is 2.04. The van der Waals surface area contributed by atoms with Crippen LogP contribution in [0.1, 0.15) is 11.3 Å². The number of nitrogens with zero attached hydrogens (tertiary/aromatic N) is 1. The summed E-state index contributed by atoms with van der Waals surface area (Å²) in [6.45, 7) is 2.11. The second-order valence-electron chi connectivity index (χ2n) is 3.25. The summed E-state index contributed by atoms with van der Waals surface area (Å²) in [6.07, 6.45) is 0. The van der Waals surface area contributed by atoms with Crippen LogP contribution in [0.25, 0.3) is 10.9 Å². The number of aromatic nitrogens is 1. The third kappa shape index (κ3) is 1.36. The molecule has 2 aromatic rings. The Bertz CT molecular complexity index is 480. The van der Waals surface area contributed by atoms with Gasteiger partial charge in [-0.2, -0.15) is 0 Å². The minimum absolute atomic E-state index is 0.223. The highest BCUT2D eigenvalue weighted by Crippen LogP contribution is 2.19. The normalized spacial score (nSPS) is 10.8. The molecule has 2 N–H and O–H groups in total. The van der Waals surface area contributed by atoms with Gasteiger partial charge < -0.3 is 5.73 Å². The van der Waals surface area contributed by atoms with Crippen molar-refractivity contribution in [2.24, 2.45) is 5.73 Å². The maximum Gasteiger partial charge on any atom is 0.128 e. The van der Waals surface area contributed by atoms with E-state index in [1.165, 1.54) is 6.07 Å². The second-order valence-corrected chi connectivity index (χ2v) is 3.25. The van der Waals surface area contributed by atoms with Crippen LogP contribution >= 0.6 is 0 Å². The average molecular weight is 190 g/mol. The molecule has 3 heteroatoms. The van der Waals surface area contributed by atoms with E-state index in [4.69, 9.17) is 5.73 Å². The van der Waals surface area contributed by atoms with E-state index in [0.29, 0.717) is 17.6 Å². The Morgan fingerprint density at radius 2 is 2.00 bits per heavy atom. The van der Waals surface area contributed by atoms with Crippen molar-refractivity contribution in [3.05, 3.63) is 41.3 Å². The lowest BCUT2D eigenvalue weighted by atomic mass is 10.1. The lowest BCUT2D eigenvalue weighted by Gasteiger charge is -2.04. The summed E-state index contributed by atoms with van der Waals surface area (Å²) in [6, 6.07) is 6.96. The topological polar surface area (TPSA) is 38.9 Å². The number of halogens is 1. The molecule has 0 aliphatic heterocycles. The Labute approximate surface area is 81.6 Å². The molecular formula is C11H11FN2. The molecule has 0 amide bonds. The summed E-state index contributed by atoms with van der Waals surface area (Å²) in [5.41, 5.74) is 7.54. The summed E-state index contributed by atoms with van der Waals surface area (Å²) < 4.78 is 13.2. The molecule has 0 spiro atoms. The van der Waals surface area contributed by atoms with E-state index in [9.17, 15) is 4.39 Å². The van der Waals surface area contributed by atoms with Gasteiger partial charge in [-0.3, -0.25) is 4.98 Å². The summed E-state index contributed by atoms with van der Waals surface area (Å²) in [4.78, 5) is 4.29. The summed E-state index contributed by atoms with van der Waals surface area (Å²) in [5.74, 6) is -0.223. The maximum absolute atomic E-state index is 13.2. The van der Waals surface area contributed by atoms with Crippen LogP contribution in [0.5, 0.6) is 0 Å². The highest BCUT2D eigenvalue weighted by molar-refractivity contribution is 5.81. The quantitative estimate of drug-likeness (QED) is 0.748. The zero-order valence-corrected chi connectivity index (χ0v) is 7.92. The third-order valence-corrected chi connectivity index (χ3v) is 2.32. The van der Waals surface area contributed by atoms with Gasteiger partial charge in [0.25, 0.3) is 0 Å². The lowest BCUT2D eigenvalue weighted by molar-refractivity contribution is 0.620. The number of aryl methyl sites for hydroxylation is 1. The number of hydrogen-bond acceptors (Lipinski definition) is 2. The van der Waals surface area contributed by atoms with E-state index in [0.717, 1.165) is 11.1 Å². The molecule has 0 radical (unpaired) electrons.